The summed E-state index contributed by atoms with van der Waals surface area (Å²) in [4.78, 5) is 12.5. The van der Waals surface area contributed by atoms with Gasteiger partial charge < -0.3 is 20.6 Å². The van der Waals surface area contributed by atoms with Crippen LogP contribution < -0.4 is 5.32 Å². The van der Waals surface area contributed by atoms with E-state index in [1.807, 2.05) is 0 Å². The van der Waals surface area contributed by atoms with E-state index < -0.39 is 18.2 Å². The van der Waals surface area contributed by atoms with E-state index in [0.29, 0.717) is 12.8 Å². The molecule has 0 saturated carbocycles. The third kappa shape index (κ3) is 48.4. The second-order valence-corrected chi connectivity index (χ2v) is 19.6. The summed E-state index contributed by atoms with van der Waals surface area (Å²) < 4.78 is 0. The molecule has 3 atom stereocenters. The second kappa shape index (κ2) is 51.7. The third-order valence-corrected chi connectivity index (χ3v) is 13.3. The van der Waals surface area contributed by atoms with Gasteiger partial charge in [-0.3, -0.25) is 4.79 Å². The Kier molecular flexibility index (Phi) is 51.0. The van der Waals surface area contributed by atoms with Crippen LogP contribution in [-0.2, 0) is 4.79 Å². The second-order valence-electron chi connectivity index (χ2n) is 19.6. The van der Waals surface area contributed by atoms with E-state index >= 15 is 0 Å². The lowest BCUT2D eigenvalue weighted by Gasteiger charge is -2.23. The summed E-state index contributed by atoms with van der Waals surface area (Å²) in [6, 6.07) is -0.655. The highest BCUT2D eigenvalue weighted by atomic mass is 16.3. The number of allylic oxidation sites excluding steroid dienone is 2. The Bertz CT molecular complexity index is 864. The molecule has 0 saturated heterocycles. The molecule has 5 nitrogen and oxygen atoms in total. The van der Waals surface area contributed by atoms with Crippen molar-refractivity contribution in [3.63, 3.8) is 0 Å². The van der Waals surface area contributed by atoms with Crippen molar-refractivity contribution < 1.29 is 20.1 Å². The van der Waals surface area contributed by atoms with Gasteiger partial charge in [-0.15, -0.1) is 0 Å². The molecule has 0 fully saturated rings. The number of nitrogens with one attached hydrogen (secondary N) is 1. The van der Waals surface area contributed by atoms with Crippen molar-refractivity contribution >= 4 is 5.91 Å². The molecule has 0 aliphatic carbocycles. The molecular formula is C56H111NO4. The molecule has 0 aliphatic heterocycles. The van der Waals surface area contributed by atoms with Gasteiger partial charge in [-0.2, -0.15) is 0 Å². The van der Waals surface area contributed by atoms with Crippen LogP contribution in [0, 0.1) is 0 Å². The van der Waals surface area contributed by atoms with E-state index in [1.165, 1.54) is 257 Å². The first-order valence-corrected chi connectivity index (χ1v) is 28.0. The van der Waals surface area contributed by atoms with Gasteiger partial charge in [-0.25, -0.2) is 0 Å². The zero-order chi connectivity index (χ0) is 44.4. The molecule has 0 rings (SSSR count). The highest BCUT2D eigenvalue weighted by Crippen LogP contribution is 2.18. The first-order chi connectivity index (χ1) is 30.0. The van der Waals surface area contributed by atoms with Gasteiger partial charge in [-0.05, 0) is 38.5 Å². The molecule has 0 aromatic heterocycles. The Morgan fingerprint density at radius 3 is 0.951 bits per heavy atom. The highest BCUT2D eigenvalue weighted by Gasteiger charge is 2.21. The fraction of sp³-hybridized carbons (Fsp3) is 0.946. The Morgan fingerprint density at radius 2 is 0.656 bits per heavy atom. The minimum Gasteiger partial charge on any atom is -0.394 e. The maximum absolute atomic E-state index is 12.5. The maximum atomic E-state index is 12.5. The predicted molar refractivity (Wildman–Crippen MR) is 269 cm³/mol. The van der Waals surface area contributed by atoms with Crippen molar-refractivity contribution in [2.24, 2.45) is 0 Å². The van der Waals surface area contributed by atoms with E-state index in [-0.39, 0.29) is 18.9 Å². The number of carbonyl (C=O) groups excluding carboxylic acids is 1. The molecular weight excluding hydrogens is 751 g/mol. The quantitative estimate of drug-likeness (QED) is 0.0362. The lowest BCUT2D eigenvalue weighted by atomic mass is 10.0. The highest BCUT2D eigenvalue weighted by molar-refractivity contribution is 5.76. The number of aliphatic hydroxyl groups is 3. The first-order valence-electron chi connectivity index (χ1n) is 28.0. The minimum absolute atomic E-state index is 0.0410. The average Bonchev–Trinajstić information content (AvgIpc) is 3.25. The van der Waals surface area contributed by atoms with Crippen LogP contribution in [0.4, 0.5) is 0 Å². The summed E-state index contributed by atoms with van der Waals surface area (Å²) in [6.07, 6.45) is 63.7. The van der Waals surface area contributed by atoms with E-state index in [0.717, 1.165) is 25.7 Å². The largest absolute Gasteiger partial charge is 0.394 e. The van der Waals surface area contributed by atoms with E-state index in [1.54, 1.807) is 0 Å². The fourth-order valence-electron chi connectivity index (χ4n) is 9.05. The molecule has 1 amide bonds. The van der Waals surface area contributed by atoms with Gasteiger partial charge in [0.15, 0.2) is 0 Å². The summed E-state index contributed by atoms with van der Waals surface area (Å²) in [5.74, 6) is -0.277. The lowest BCUT2D eigenvalue weighted by molar-refractivity contribution is -0.125. The number of unbranched alkanes of at least 4 members (excludes halogenated alkanes) is 41. The van der Waals surface area contributed by atoms with Gasteiger partial charge in [0.25, 0.3) is 0 Å². The molecule has 5 heteroatoms. The summed E-state index contributed by atoms with van der Waals surface area (Å²) >= 11 is 0. The van der Waals surface area contributed by atoms with Crippen LogP contribution >= 0.6 is 0 Å². The van der Waals surface area contributed by atoms with Crippen molar-refractivity contribution in [3.8, 4) is 0 Å². The Labute approximate surface area is 382 Å². The fourth-order valence-corrected chi connectivity index (χ4v) is 9.05. The molecule has 0 aliphatic rings. The first kappa shape index (κ1) is 60.1. The summed E-state index contributed by atoms with van der Waals surface area (Å²) in [7, 11) is 0. The van der Waals surface area contributed by atoms with Crippen LogP contribution in [0.2, 0.25) is 0 Å². The van der Waals surface area contributed by atoms with Crippen molar-refractivity contribution in [2.75, 3.05) is 6.61 Å². The van der Waals surface area contributed by atoms with Crippen LogP contribution in [0.1, 0.15) is 316 Å². The molecule has 364 valence electrons. The molecule has 0 aromatic rings. The van der Waals surface area contributed by atoms with Gasteiger partial charge in [0.1, 0.15) is 0 Å². The molecule has 3 unspecified atom stereocenters. The predicted octanol–water partition coefficient (Wildman–Crippen LogP) is 17.1. The van der Waals surface area contributed by atoms with Crippen LogP contribution in [0.3, 0.4) is 0 Å². The number of carbonyl (C=O) groups is 1. The number of hydrogen-bond acceptors (Lipinski definition) is 4. The monoisotopic (exact) mass is 862 g/mol. The van der Waals surface area contributed by atoms with Crippen molar-refractivity contribution in [2.45, 2.75) is 334 Å². The minimum atomic E-state index is -0.746. The molecule has 0 bridgehead atoms. The molecule has 0 radical (unpaired) electrons. The standard InChI is InChI=1S/C56H111NO4/c1-3-5-7-9-11-13-15-17-19-20-21-22-23-24-25-26-27-28-29-30-31-32-33-34-36-37-39-41-43-45-47-49-53(59)51-56(61)57-54(52-58)55(60)50-48-46-44-42-40-38-35-18-16-14-12-10-8-6-4-2/h24-25,53-55,58-60H,3-23,26-52H2,1-2H3,(H,57,61)/b25-24-. The number of rotatable bonds is 52. The normalized spacial score (nSPS) is 13.3. The summed E-state index contributed by atoms with van der Waals surface area (Å²) in [5, 5.41) is 33.6. The van der Waals surface area contributed by atoms with E-state index in [2.05, 4.69) is 31.3 Å². The lowest BCUT2D eigenvalue weighted by Crippen LogP contribution is -2.46. The Morgan fingerprint density at radius 1 is 0.393 bits per heavy atom. The third-order valence-electron chi connectivity index (χ3n) is 13.3. The van der Waals surface area contributed by atoms with Crippen molar-refractivity contribution in [1.82, 2.24) is 5.32 Å². The van der Waals surface area contributed by atoms with Crippen LogP contribution in [-0.4, -0.2) is 46.1 Å². The number of aliphatic hydroxyl groups excluding tert-OH is 3. The number of amides is 1. The zero-order valence-corrected chi connectivity index (χ0v) is 41.6. The molecule has 0 aromatic carbocycles. The van der Waals surface area contributed by atoms with Gasteiger partial charge >= 0.3 is 0 Å². The molecule has 4 N–H and O–H groups in total. The van der Waals surface area contributed by atoms with E-state index in [9.17, 15) is 20.1 Å². The SMILES string of the molecule is CCCCCCCCCCCCCC/C=C\CCCCCCCCCCCCCCCCCC(O)CC(=O)NC(CO)C(O)CCCCCCCCCCCCCCCCC. The summed E-state index contributed by atoms with van der Waals surface area (Å²) in [5.41, 5.74) is 0. The smallest absolute Gasteiger partial charge is 0.222 e. The van der Waals surface area contributed by atoms with Crippen LogP contribution in [0.15, 0.2) is 12.2 Å². The van der Waals surface area contributed by atoms with Gasteiger partial charge in [0.2, 0.25) is 5.91 Å². The topological polar surface area (TPSA) is 89.8 Å². The van der Waals surface area contributed by atoms with Gasteiger partial charge in [0, 0.05) is 0 Å². The Hall–Kier alpha value is -0.910. The zero-order valence-electron chi connectivity index (χ0n) is 41.6. The maximum Gasteiger partial charge on any atom is 0.222 e. The van der Waals surface area contributed by atoms with Crippen molar-refractivity contribution in [1.29, 1.82) is 0 Å². The van der Waals surface area contributed by atoms with Crippen LogP contribution in [0.5, 0.6) is 0 Å². The molecule has 0 spiro atoms. The van der Waals surface area contributed by atoms with Gasteiger partial charge in [0.05, 0.1) is 31.3 Å². The molecule has 61 heavy (non-hydrogen) atoms. The van der Waals surface area contributed by atoms with E-state index in [4.69, 9.17) is 0 Å². The summed E-state index contributed by atoms with van der Waals surface area (Å²) in [6.45, 7) is 4.29. The van der Waals surface area contributed by atoms with Crippen LogP contribution in [0.25, 0.3) is 0 Å². The Balaban J connectivity index is 3.47. The molecule has 0 heterocycles. The van der Waals surface area contributed by atoms with Gasteiger partial charge in [-0.1, -0.05) is 283 Å². The number of hydrogen-bond donors (Lipinski definition) is 4. The average molecular weight is 863 g/mol. The van der Waals surface area contributed by atoms with Crippen molar-refractivity contribution in [3.05, 3.63) is 12.2 Å².